The van der Waals surface area contributed by atoms with E-state index in [0.29, 0.717) is 22.1 Å². The van der Waals surface area contributed by atoms with Gasteiger partial charge in [0.2, 0.25) is 0 Å². The van der Waals surface area contributed by atoms with E-state index in [1.165, 1.54) is 11.1 Å². The van der Waals surface area contributed by atoms with Gasteiger partial charge in [-0.3, -0.25) is 8.90 Å². The molecule has 0 unspecified atom stereocenters. The van der Waals surface area contributed by atoms with E-state index in [-0.39, 0.29) is 11.5 Å². The Balaban J connectivity index is 1.53. The van der Waals surface area contributed by atoms with Crippen molar-refractivity contribution in [3.8, 4) is 45.3 Å². The summed E-state index contributed by atoms with van der Waals surface area (Å²) in [7, 11) is 2.14. The van der Waals surface area contributed by atoms with E-state index in [1.54, 1.807) is 38.5 Å². The molecule has 0 aliphatic heterocycles. The van der Waals surface area contributed by atoms with Crippen LogP contribution in [0, 0.1) is 0 Å². The molecule has 0 radical (unpaired) electrons. The predicted molar refractivity (Wildman–Crippen MR) is 210 cm³/mol. The van der Waals surface area contributed by atoms with Gasteiger partial charge in [-0.15, -0.1) is 0 Å². The smallest absolute Gasteiger partial charge is 0.500 e. The van der Waals surface area contributed by atoms with Gasteiger partial charge in [-0.05, 0) is 132 Å². The van der Waals surface area contributed by atoms with Crippen molar-refractivity contribution in [2.75, 3.05) is 20.0 Å². The second kappa shape index (κ2) is 19.3. The molecule has 0 heterocycles. The third-order valence-corrected chi connectivity index (χ3v) is 9.44. The second-order valence-electron chi connectivity index (χ2n) is 12.1. The molecule has 0 saturated heterocycles. The van der Waals surface area contributed by atoms with Crippen molar-refractivity contribution in [2.24, 2.45) is 0 Å². The fourth-order valence-corrected chi connectivity index (χ4v) is 6.35. The summed E-state index contributed by atoms with van der Waals surface area (Å²) < 4.78 is 30.1. The van der Waals surface area contributed by atoms with Crippen molar-refractivity contribution >= 4 is 36.7 Å². The first kappa shape index (κ1) is 37.9. The van der Waals surface area contributed by atoms with E-state index in [1.807, 2.05) is 54.6 Å². The molecule has 0 atom stereocenters. The SMILES string of the molecule is CCCCc1ccc(OB(OSCC(=O)c2ccc(Cl)cc2)Oc2ccc(CCCC)c(-c3ccc(OC)cc3)c2-c2ccc(OC)cc2)cc1. The first-order valence-electron chi connectivity index (χ1n) is 17.4. The van der Waals surface area contributed by atoms with Gasteiger partial charge in [0.1, 0.15) is 23.0 Å². The summed E-state index contributed by atoms with van der Waals surface area (Å²) in [6.07, 6.45) is 6.23. The standard InChI is InChI=1S/C42H44BClO6S/c1-5-7-9-30-11-22-38(23-12-30)48-43(50-51-29-39(45)31-13-20-35(44)21-14-31)49-40-28-19-32(10-8-6-2)41(33-15-24-36(46-3)25-16-33)42(40)34-17-26-37(47-4)27-18-34/h11-28H,5-10,29H2,1-4H3. The van der Waals surface area contributed by atoms with E-state index >= 15 is 0 Å². The molecule has 0 N–H and O–H groups in total. The van der Waals surface area contributed by atoms with E-state index in [2.05, 4.69) is 44.2 Å². The number of hydrogen-bond donors (Lipinski definition) is 0. The van der Waals surface area contributed by atoms with Crippen molar-refractivity contribution in [3.63, 3.8) is 0 Å². The van der Waals surface area contributed by atoms with Crippen LogP contribution in [0.25, 0.3) is 22.3 Å². The summed E-state index contributed by atoms with van der Waals surface area (Å²) in [5.41, 5.74) is 6.90. The molecular formula is C42H44BClO6S. The van der Waals surface area contributed by atoms with Gasteiger partial charge >= 0.3 is 7.32 Å². The van der Waals surface area contributed by atoms with Crippen molar-refractivity contribution in [2.45, 2.75) is 52.4 Å². The maximum atomic E-state index is 13.0. The molecule has 0 saturated carbocycles. The first-order chi connectivity index (χ1) is 24.9. The molecule has 5 rings (SSSR count). The van der Waals surface area contributed by atoms with Gasteiger partial charge in [0, 0.05) is 16.1 Å². The van der Waals surface area contributed by atoms with Crippen molar-refractivity contribution < 1.29 is 27.7 Å². The summed E-state index contributed by atoms with van der Waals surface area (Å²) in [6.45, 7) is 4.38. The lowest BCUT2D eigenvalue weighted by Gasteiger charge is -2.22. The number of methoxy groups -OCH3 is 2. The quantitative estimate of drug-likeness (QED) is 0.0477. The molecule has 0 amide bonds. The molecule has 0 aromatic heterocycles. The normalized spacial score (nSPS) is 10.8. The number of halogens is 1. The van der Waals surface area contributed by atoms with Crippen molar-refractivity contribution in [1.82, 2.24) is 0 Å². The molecule has 9 heteroatoms. The van der Waals surface area contributed by atoms with Crippen LogP contribution in [0.1, 0.15) is 61.0 Å². The van der Waals surface area contributed by atoms with Crippen LogP contribution in [-0.4, -0.2) is 33.1 Å². The number of hydrogen-bond acceptors (Lipinski definition) is 7. The largest absolute Gasteiger partial charge is 0.799 e. The van der Waals surface area contributed by atoms with Gasteiger partial charge in [-0.25, -0.2) is 0 Å². The zero-order valence-corrected chi connectivity index (χ0v) is 31.2. The highest BCUT2D eigenvalue weighted by molar-refractivity contribution is 7.96. The van der Waals surface area contributed by atoms with Gasteiger partial charge < -0.3 is 18.8 Å². The first-order valence-corrected chi connectivity index (χ1v) is 18.6. The lowest BCUT2D eigenvalue weighted by molar-refractivity contribution is 0.102. The molecule has 0 spiro atoms. The number of carbonyl (C=O) groups is 1. The maximum absolute atomic E-state index is 13.0. The zero-order valence-electron chi connectivity index (χ0n) is 29.7. The Kier molecular flexibility index (Phi) is 14.3. The summed E-state index contributed by atoms with van der Waals surface area (Å²) >= 11 is 7.02. The number of aryl methyl sites for hydroxylation is 2. The Morgan fingerprint density at radius 3 is 1.80 bits per heavy atom. The average Bonchev–Trinajstić information content (AvgIpc) is 3.17. The van der Waals surface area contributed by atoms with E-state index < -0.39 is 7.32 Å². The van der Waals surface area contributed by atoms with E-state index in [9.17, 15) is 4.79 Å². The minimum atomic E-state index is -1.18. The Labute approximate surface area is 311 Å². The molecular weight excluding hydrogens is 679 g/mol. The molecule has 264 valence electrons. The van der Waals surface area contributed by atoms with Crippen molar-refractivity contribution in [3.05, 3.63) is 131 Å². The average molecular weight is 723 g/mol. The maximum Gasteiger partial charge on any atom is 0.799 e. The minimum absolute atomic E-state index is 0.0548. The van der Waals surface area contributed by atoms with Crippen LogP contribution in [0.5, 0.6) is 23.0 Å². The fourth-order valence-electron chi connectivity index (χ4n) is 5.69. The van der Waals surface area contributed by atoms with Gasteiger partial charge in [0.25, 0.3) is 0 Å². The minimum Gasteiger partial charge on any atom is -0.500 e. The lowest BCUT2D eigenvalue weighted by Crippen LogP contribution is -2.32. The third kappa shape index (κ3) is 10.6. The highest BCUT2D eigenvalue weighted by Crippen LogP contribution is 2.43. The molecule has 0 aliphatic carbocycles. The highest BCUT2D eigenvalue weighted by atomic mass is 35.5. The number of ketones is 1. The molecule has 0 fully saturated rings. The second-order valence-corrected chi connectivity index (χ2v) is 13.2. The van der Waals surface area contributed by atoms with Crippen LogP contribution in [0.3, 0.4) is 0 Å². The zero-order chi connectivity index (χ0) is 36.0. The highest BCUT2D eigenvalue weighted by Gasteiger charge is 2.31. The van der Waals surface area contributed by atoms with Crippen LogP contribution < -0.4 is 18.8 Å². The third-order valence-electron chi connectivity index (χ3n) is 8.51. The van der Waals surface area contributed by atoms with Crippen LogP contribution in [0.2, 0.25) is 5.02 Å². The molecule has 0 aliphatic rings. The molecule has 0 bridgehead atoms. The van der Waals surface area contributed by atoms with Gasteiger partial charge in [0.05, 0.1) is 20.0 Å². The molecule has 6 nitrogen and oxygen atoms in total. The molecule has 5 aromatic carbocycles. The monoisotopic (exact) mass is 722 g/mol. The Hall–Kier alpha value is -4.37. The van der Waals surface area contributed by atoms with Crippen LogP contribution in [0.15, 0.2) is 109 Å². The summed E-state index contributed by atoms with van der Waals surface area (Å²) in [5, 5.41) is 0.570. The van der Waals surface area contributed by atoms with E-state index in [0.717, 1.165) is 84.3 Å². The number of carbonyl (C=O) groups excluding carboxylic acids is 1. The number of benzene rings is 5. The lowest BCUT2D eigenvalue weighted by atomic mass is 9.87. The predicted octanol–water partition coefficient (Wildman–Crippen LogP) is 11.4. The summed E-state index contributed by atoms with van der Waals surface area (Å²) in [4.78, 5) is 13.0. The van der Waals surface area contributed by atoms with Gasteiger partial charge in [-0.2, -0.15) is 0 Å². The van der Waals surface area contributed by atoms with Crippen LogP contribution in [0.4, 0.5) is 0 Å². The Bertz CT molecular complexity index is 1830. The number of unbranched alkanes of at least 4 members (excludes halogenated alkanes) is 2. The number of ether oxygens (including phenoxy) is 2. The Morgan fingerprint density at radius 1 is 0.647 bits per heavy atom. The fraction of sp³-hybridized carbons (Fsp3) is 0.262. The summed E-state index contributed by atoms with van der Waals surface area (Å²) in [6, 6.07) is 34.9. The van der Waals surface area contributed by atoms with Gasteiger partial charge in [0.15, 0.2) is 5.78 Å². The van der Waals surface area contributed by atoms with Crippen LogP contribution in [-0.2, 0) is 16.9 Å². The van der Waals surface area contributed by atoms with E-state index in [4.69, 9.17) is 34.5 Å². The Morgan fingerprint density at radius 2 is 1.22 bits per heavy atom. The van der Waals surface area contributed by atoms with Crippen molar-refractivity contribution in [1.29, 1.82) is 0 Å². The van der Waals surface area contributed by atoms with Crippen LogP contribution >= 0.6 is 23.6 Å². The summed E-state index contributed by atoms with van der Waals surface area (Å²) in [5.74, 6) is 2.64. The number of Topliss-reactive ketones (excluding diaryl/α,β-unsaturated/α-hetero) is 1. The molecule has 51 heavy (non-hydrogen) atoms. The topological polar surface area (TPSA) is 63.2 Å². The van der Waals surface area contributed by atoms with Gasteiger partial charge in [-0.1, -0.05) is 80.8 Å². The number of rotatable bonds is 19. The molecule has 5 aromatic rings.